The van der Waals surface area contributed by atoms with Crippen molar-refractivity contribution in [3.8, 4) is 0 Å². The first kappa shape index (κ1) is 15.0. The molecular formula is C14H19ClO3. The second-order valence-electron chi connectivity index (χ2n) is 4.37. The van der Waals surface area contributed by atoms with Gasteiger partial charge in [0.25, 0.3) is 0 Å². The molecule has 0 aliphatic carbocycles. The van der Waals surface area contributed by atoms with Gasteiger partial charge in [0.1, 0.15) is 5.60 Å². The zero-order valence-corrected chi connectivity index (χ0v) is 11.7. The maximum atomic E-state index is 11.9. The summed E-state index contributed by atoms with van der Waals surface area (Å²) in [5.74, 6) is -0.960. The zero-order chi connectivity index (χ0) is 13.8. The highest BCUT2D eigenvalue weighted by Crippen LogP contribution is 2.33. The van der Waals surface area contributed by atoms with Crippen molar-refractivity contribution in [1.29, 1.82) is 0 Å². The van der Waals surface area contributed by atoms with Gasteiger partial charge in [0, 0.05) is 5.02 Å². The molecule has 0 saturated carbocycles. The molecule has 1 aromatic carbocycles. The second-order valence-corrected chi connectivity index (χ2v) is 4.80. The van der Waals surface area contributed by atoms with E-state index >= 15 is 0 Å². The molecule has 0 spiro atoms. The summed E-state index contributed by atoms with van der Waals surface area (Å²) in [4.78, 5) is 11.9. The fourth-order valence-electron chi connectivity index (χ4n) is 2.02. The van der Waals surface area contributed by atoms with E-state index in [4.69, 9.17) is 16.3 Å². The van der Waals surface area contributed by atoms with E-state index in [1.54, 1.807) is 38.1 Å². The molecule has 18 heavy (non-hydrogen) atoms. The van der Waals surface area contributed by atoms with Gasteiger partial charge >= 0.3 is 5.97 Å². The van der Waals surface area contributed by atoms with Crippen LogP contribution in [0.4, 0.5) is 0 Å². The Kier molecular flexibility index (Phi) is 5.17. The molecule has 0 aromatic heterocycles. The minimum absolute atomic E-state index is 0.312. The topological polar surface area (TPSA) is 46.5 Å². The normalized spacial score (nSPS) is 15.8. The minimum atomic E-state index is -1.26. The highest BCUT2D eigenvalue weighted by atomic mass is 35.5. The SMILES string of the molecule is CCOC(=O)C(CC)C(C)(O)c1ccc(Cl)cc1. The van der Waals surface area contributed by atoms with Crippen molar-refractivity contribution in [3.63, 3.8) is 0 Å². The van der Waals surface area contributed by atoms with Gasteiger partial charge in [-0.15, -0.1) is 0 Å². The highest BCUT2D eigenvalue weighted by Gasteiger charge is 2.38. The number of aliphatic hydroxyl groups is 1. The monoisotopic (exact) mass is 270 g/mol. The average Bonchev–Trinajstić information content (AvgIpc) is 2.30. The van der Waals surface area contributed by atoms with E-state index in [1.807, 2.05) is 6.92 Å². The first-order valence-electron chi connectivity index (χ1n) is 6.08. The maximum Gasteiger partial charge on any atom is 0.312 e. The number of hydrogen-bond acceptors (Lipinski definition) is 3. The van der Waals surface area contributed by atoms with Gasteiger partial charge in [0.05, 0.1) is 12.5 Å². The summed E-state index contributed by atoms with van der Waals surface area (Å²) in [5.41, 5.74) is -0.599. The smallest absolute Gasteiger partial charge is 0.312 e. The van der Waals surface area contributed by atoms with E-state index in [1.165, 1.54) is 0 Å². The Morgan fingerprint density at radius 2 is 1.94 bits per heavy atom. The van der Waals surface area contributed by atoms with Gasteiger partial charge in [-0.05, 0) is 38.0 Å². The molecule has 0 heterocycles. The van der Waals surface area contributed by atoms with Crippen LogP contribution >= 0.6 is 11.6 Å². The van der Waals surface area contributed by atoms with E-state index in [0.717, 1.165) is 0 Å². The molecule has 3 nitrogen and oxygen atoms in total. The standard InChI is InChI=1S/C14H19ClO3/c1-4-12(13(16)18-5-2)14(3,17)10-6-8-11(15)9-7-10/h6-9,12,17H,4-5H2,1-3H3. The van der Waals surface area contributed by atoms with Crippen molar-refractivity contribution in [2.75, 3.05) is 6.61 Å². The average molecular weight is 271 g/mol. The van der Waals surface area contributed by atoms with Crippen LogP contribution in [0.15, 0.2) is 24.3 Å². The Hall–Kier alpha value is -1.06. The fraction of sp³-hybridized carbons (Fsp3) is 0.500. The van der Waals surface area contributed by atoms with Gasteiger partial charge in [0.15, 0.2) is 0 Å². The summed E-state index contributed by atoms with van der Waals surface area (Å²) in [7, 11) is 0. The Labute approximate surface area is 113 Å². The minimum Gasteiger partial charge on any atom is -0.466 e. The molecule has 0 saturated heterocycles. The van der Waals surface area contributed by atoms with Crippen LogP contribution < -0.4 is 0 Å². The molecule has 100 valence electrons. The molecule has 0 aliphatic rings. The van der Waals surface area contributed by atoms with Crippen molar-refractivity contribution in [2.24, 2.45) is 5.92 Å². The first-order chi connectivity index (χ1) is 8.43. The van der Waals surface area contributed by atoms with Gasteiger partial charge in [-0.25, -0.2) is 0 Å². The largest absolute Gasteiger partial charge is 0.466 e. The van der Waals surface area contributed by atoms with E-state index in [9.17, 15) is 9.90 Å². The Morgan fingerprint density at radius 1 is 1.39 bits per heavy atom. The third kappa shape index (κ3) is 3.24. The van der Waals surface area contributed by atoms with Crippen molar-refractivity contribution in [2.45, 2.75) is 32.8 Å². The lowest BCUT2D eigenvalue weighted by Crippen LogP contribution is -2.38. The van der Waals surface area contributed by atoms with E-state index in [2.05, 4.69) is 0 Å². The van der Waals surface area contributed by atoms with Crippen LogP contribution in [0.2, 0.25) is 5.02 Å². The molecule has 2 atom stereocenters. The molecule has 0 aliphatic heterocycles. The first-order valence-corrected chi connectivity index (χ1v) is 6.46. The maximum absolute atomic E-state index is 11.9. The van der Waals surface area contributed by atoms with Crippen LogP contribution in [0.25, 0.3) is 0 Å². The third-order valence-electron chi connectivity index (χ3n) is 3.09. The van der Waals surface area contributed by atoms with Crippen molar-refractivity contribution < 1.29 is 14.6 Å². The molecule has 0 fully saturated rings. The molecule has 0 amide bonds. The van der Waals surface area contributed by atoms with Crippen LogP contribution in [0, 0.1) is 5.92 Å². The molecule has 1 rings (SSSR count). The van der Waals surface area contributed by atoms with Gasteiger partial charge in [-0.1, -0.05) is 30.7 Å². The van der Waals surface area contributed by atoms with Crippen molar-refractivity contribution in [1.82, 2.24) is 0 Å². The van der Waals surface area contributed by atoms with Crippen molar-refractivity contribution in [3.05, 3.63) is 34.9 Å². The van der Waals surface area contributed by atoms with Crippen LogP contribution in [-0.2, 0) is 15.1 Å². The summed E-state index contributed by atoms with van der Waals surface area (Å²) in [6, 6.07) is 6.85. The molecule has 2 unspecified atom stereocenters. The Balaban J connectivity index is 3.01. The Bertz CT molecular complexity index is 398. The molecule has 1 N–H and O–H groups in total. The molecule has 4 heteroatoms. The number of carbonyl (C=O) groups is 1. The zero-order valence-electron chi connectivity index (χ0n) is 10.9. The predicted molar refractivity (Wildman–Crippen MR) is 71.4 cm³/mol. The molecule has 0 bridgehead atoms. The number of halogens is 1. The van der Waals surface area contributed by atoms with Crippen molar-refractivity contribution >= 4 is 17.6 Å². The lowest BCUT2D eigenvalue weighted by molar-refractivity contribution is -0.158. The fourth-order valence-corrected chi connectivity index (χ4v) is 2.15. The lowest BCUT2D eigenvalue weighted by Gasteiger charge is -2.31. The van der Waals surface area contributed by atoms with Crippen LogP contribution in [0.5, 0.6) is 0 Å². The van der Waals surface area contributed by atoms with E-state index in [0.29, 0.717) is 23.6 Å². The quantitative estimate of drug-likeness (QED) is 0.836. The number of benzene rings is 1. The van der Waals surface area contributed by atoms with Gasteiger partial charge in [0.2, 0.25) is 0 Å². The number of hydrogen-bond donors (Lipinski definition) is 1. The number of esters is 1. The summed E-state index contributed by atoms with van der Waals surface area (Å²) >= 11 is 5.81. The lowest BCUT2D eigenvalue weighted by atomic mass is 9.81. The molecule has 0 radical (unpaired) electrons. The van der Waals surface area contributed by atoms with Crippen LogP contribution in [0.1, 0.15) is 32.8 Å². The van der Waals surface area contributed by atoms with E-state index in [-0.39, 0.29) is 5.97 Å². The predicted octanol–water partition coefficient (Wildman–Crippen LogP) is 3.14. The highest BCUT2D eigenvalue weighted by molar-refractivity contribution is 6.30. The van der Waals surface area contributed by atoms with Gasteiger partial charge < -0.3 is 9.84 Å². The van der Waals surface area contributed by atoms with Gasteiger partial charge in [-0.3, -0.25) is 4.79 Å². The summed E-state index contributed by atoms with van der Waals surface area (Å²) < 4.78 is 5.00. The summed E-state index contributed by atoms with van der Waals surface area (Å²) in [6.45, 7) is 5.54. The summed E-state index contributed by atoms with van der Waals surface area (Å²) in [5, 5.41) is 11.2. The molecule has 1 aromatic rings. The molecular weight excluding hydrogens is 252 g/mol. The van der Waals surface area contributed by atoms with Gasteiger partial charge in [-0.2, -0.15) is 0 Å². The third-order valence-corrected chi connectivity index (χ3v) is 3.34. The van der Waals surface area contributed by atoms with Crippen LogP contribution in [-0.4, -0.2) is 17.7 Å². The van der Waals surface area contributed by atoms with Crippen LogP contribution in [0.3, 0.4) is 0 Å². The second kappa shape index (κ2) is 6.21. The number of rotatable bonds is 5. The van der Waals surface area contributed by atoms with E-state index < -0.39 is 11.5 Å². The Morgan fingerprint density at radius 3 is 2.39 bits per heavy atom. The number of ether oxygens (including phenoxy) is 1. The summed E-state index contributed by atoms with van der Waals surface area (Å²) in [6.07, 6.45) is 0.508. The number of carbonyl (C=O) groups excluding carboxylic acids is 1.